The molecule has 2 aliphatic carbocycles. The summed E-state index contributed by atoms with van der Waals surface area (Å²) in [7, 11) is 0. The fraction of sp³-hybridized carbons (Fsp3) is 0.818. The van der Waals surface area contributed by atoms with Gasteiger partial charge in [0.05, 0.1) is 10.4 Å². The fourth-order valence-electron chi connectivity index (χ4n) is 1.97. The van der Waals surface area contributed by atoms with Crippen LogP contribution in [0.25, 0.3) is 0 Å². The van der Waals surface area contributed by atoms with Crippen LogP contribution in [0.3, 0.4) is 0 Å². The Hall–Kier alpha value is -0.640. The van der Waals surface area contributed by atoms with E-state index >= 15 is 0 Å². The van der Waals surface area contributed by atoms with Crippen LogP contribution >= 0.6 is 12.2 Å². The number of nitrogens with two attached hydrogens (primary N) is 1. The van der Waals surface area contributed by atoms with E-state index in [4.69, 9.17) is 18.0 Å². The summed E-state index contributed by atoms with van der Waals surface area (Å²) < 4.78 is 0. The maximum absolute atomic E-state index is 11.8. The standard InChI is InChI=1S/C11H18N2OS/c1-7(8-2-3-8)6-13-10(14)11(4-5-11)9(12)15/h7-8H,2-6H2,1H3,(H2,12,15)(H,13,14). The maximum atomic E-state index is 11.8. The van der Waals surface area contributed by atoms with E-state index in [9.17, 15) is 4.79 Å². The highest BCUT2D eigenvalue weighted by molar-refractivity contribution is 7.80. The van der Waals surface area contributed by atoms with Gasteiger partial charge in [-0.25, -0.2) is 0 Å². The number of nitrogens with one attached hydrogen (secondary N) is 1. The van der Waals surface area contributed by atoms with Crippen LogP contribution in [0.1, 0.15) is 32.6 Å². The lowest BCUT2D eigenvalue weighted by molar-refractivity contribution is -0.124. The van der Waals surface area contributed by atoms with Crippen LogP contribution in [-0.4, -0.2) is 17.4 Å². The van der Waals surface area contributed by atoms with Gasteiger partial charge in [0.2, 0.25) is 5.91 Å². The first-order valence-electron chi connectivity index (χ1n) is 5.64. The van der Waals surface area contributed by atoms with Crippen molar-refractivity contribution < 1.29 is 4.79 Å². The van der Waals surface area contributed by atoms with Crippen LogP contribution in [0.4, 0.5) is 0 Å². The molecule has 0 saturated heterocycles. The molecule has 3 N–H and O–H groups in total. The van der Waals surface area contributed by atoms with E-state index in [1.807, 2.05) is 0 Å². The molecule has 2 fully saturated rings. The lowest BCUT2D eigenvalue weighted by Crippen LogP contribution is -2.41. The summed E-state index contributed by atoms with van der Waals surface area (Å²) in [6.45, 7) is 2.96. The summed E-state index contributed by atoms with van der Waals surface area (Å²) in [5.74, 6) is 1.46. The van der Waals surface area contributed by atoms with E-state index in [-0.39, 0.29) is 5.91 Å². The van der Waals surface area contributed by atoms with Crippen molar-refractivity contribution in [3.8, 4) is 0 Å². The summed E-state index contributed by atoms with van der Waals surface area (Å²) >= 11 is 4.93. The van der Waals surface area contributed by atoms with E-state index in [1.165, 1.54) is 12.8 Å². The summed E-state index contributed by atoms with van der Waals surface area (Å²) in [6.07, 6.45) is 4.28. The summed E-state index contributed by atoms with van der Waals surface area (Å²) in [5, 5.41) is 2.98. The Morgan fingerprint density at radius 3 is 2.60 bits per heavy atom. The van der Waals surface area contributed by atoms with Crippen LogP contribution < -0.4 is 11.1 Å². The molecule has 84 valence electrons. The van der Waals surface area contributed by atoms with Crippen LogP contribution in [0, 0.1) is 17.3 Å². The average molecular weight is 226 g/mol. The van der Waals surface area contributed by atoms with Crippen molar-refractivity contribution in [2.24, 2.45) is 23.0 Å². The SMILES string of the molecule is CC(CNC(=O)C1(C(N)=S)CC1)C1CC1. The molecule has 0 aromatic heterocycles. The second-order valence-electron chi connectivity index (χ2n) is 4.97. The van der Waals surface area contributed by atoms with E-state index < -0.39 is 5.41 Å². The molecular formula is C11H18N2OS. The van der Waals surface area contributed by atoms with Crippen LogP contribution in [0.5, 0.6) is 0 Å². The zero-order valence-corrected chi connectivity index (χ0v) is 9.90. The normalized spacial score (nSPS) is 24.3. The van der Waals surface area contributed by atoms with Gasteiger partial charge in [0.25, 0.3) is 0 Å². The molecule has 0 aliphatic heterocycles. The number of carbonyl (C=O) groups excluding carboxylic acids is 1. The molecule has 1 atom stereocenters. The molecule has 0 aromatic rings. The van der Waals surface area contributed by atoms with Gasteiger partial charge in [-0.15, -0.1) is 0 Å². The minimum Gasteiger partial charge on any atom is -0.392 e. The average Bonchev–Trinajstić information content (AvgIpc) is 3.05. The Morgan fingerprint density at radius 2 is 2.20 bits per heavy atom. The number of thiocarbonyl (C=S) groups is 1. The smallest absolute Gasteiger partial charge is 0.233 e. The van der Waals surface area contributed by atoms with Crippen molar-refractivity contribution >= 4 is 23.1 Å². The quantitative estimate of drug-likeness (QED) is 0.693. The van der Waals surface area contributed by atoms with Gasteiger partial charge in [0, 0.05) is 6.54 Å². The summed E-state index contributed by atoms with van der Waals surface area (Å²) in [5.41, 5.74) is 5.10. The predicted octanol–water partition coefficient (Wildman–Crippen LogP) is 1.21. The Labute approximate surface area is 95.8 Å². The fourth-order valence-corrected chi connectivity index (χ4v) is 2.26. The summed E-state index contributed by atoms with van der Waals surface area (Å²) in [4.78, 5) is 12.2. The predicted molar refractivity (Wildman–Crippen MR) is 63.4 cm³/mol. The van der Waals surface area contributed by atoms with E-state index in [0.717, 1.165) is 25.3 Å². The molecule has 0 heterocycles. The second-order valence-corrected chi connectivity index (χ2v) is 5.41. The van der Waals surface area contributed by atoms with Gasteiger partial charge in [-0.2, -0.15) is 0 Å². The molecule has 3 nitrogen and oxygen atoms in total. The molecule has 2 saturated carbocycles. The van der Waals surface area contributed by atoms with Crippen LogP contribution in [0.15, 0.2) is 0 Å². The minimum atomic E-state index is -0.487. The Morgan fingerprint density at radius 1 is 1.60 bits per heavy atom. The van der Waals surface area contributed by atoms with Crippen molar-refractivity contribution in [1.29, 1.82) is 0 Å². The zero-order chi connectivity index (χ0) is 11.1. The lowest BCUT2D eigenvalue weighted by Gasteiger charge is -2.16. The van der Waals surface area contributed by atoms with Crippen molar-refractivity contribution in [2.75, 3.05) is 6.54 Å². The van der Waals surface area contributed by atoms with Gasteiger partial charge < -0.3 is 11.1 Å². The Kier molecular flexibility index (Phi) is 2.71. The molecule has 0 bridgehead atoms. The number of hydrogen-bond donors (Lipinski definition) is 2. The Balaban J connectivity index is 1.79. The third-order valence-corrected chi connectivity index (χ3v) is 4.06. The number of amides is 1. The van der Waals surface area contributed by atoms with Crippen LogP contribution in [0.2, 0.25) is 0 Å². The third kappa shape index (κ3) is 2.14. The van der Waals surface area contributed by atoms with Crippen molar-refractivity contribution in [1.82, 2.24) is 5.32 Å². The third-order valence-electron chi connectivity index (χ3n) is 3.67. The summed E-state index contributed by atoms with van der Waals surface area (Å²) in [6, 6.07) is 0. The molecule has 2 rings (SSSR count). The molecule has 15 heavy (non-hydrogen) atoms. The molecule has 1 unspecified atom stereocenters. The topological polar surface area (TPSA) is 55.1 Å². The lowest BCUT2D eigenvalue weighted by atomic mass is 10.0. The molecular weight excluding hydrogens is 208 g/mol. The van der Waals surface area contributed by atoms with Gasteiger partial charge in [0.1, 0.15) is 0 Å². The molecule has 0 radical (unpaired) electrons. The van der Waals surface area contributed by atoms with E-state index in [1.54, 1.807) is 0 Å². The van der Waals surface area contributed by atoms with Gasteiger partial charge in [-0.3, -0.25) is 4.79 Å². The van der Waals surface area contributed by atoms with Crippen molar-refractivity contribution in [2.45, 2.75) is 32.6 Å². The minimum absolute atomic E-state index is 0.0440. The molecule has 1 amide bonds. The first-order chi connectivity index (χ1) is 7.06. The van der Waals surface area contributed by atoms with Gasteiger partial charge in [-0.05, 0) is 37.5 Å². The monoisotopic (exact) mass is 226 g/mol. The number of carbonyl (C=O) groups is 1. The zero-order valence-electron chi connectivity index (χ0n) is 9.08. The number of rotatable bonds is 5. The highest BCUT2D eigenvalue weighted by atomic mass is 32.1. The molecule has 2 aliphatic rings. The van der Waals surface area contributed by atoms with Crippen molar-refractivity contribution in [3.63, 3.8) is 0 Å². The van der Waals surface area contributed by atoms with Crippen molar-refractivity contribution in [3.05, 3.63) is 0 Å². The first-order valence-corrected chi connectivity index (χ1v) is 6.05. The molecule has 4 heteroatoms. The molecule has 0 spiro atoms. The highest BCUT2D eigenvalue weighted by Crippen LogP contribution is 2.46. The largest absolute Gasteiger partial charge is 0.392 e. The van der Waals surface area contributed by atoms with E-state index in [0.29, 0.717) is 10.9 Å². The molecule has 0 aromatic carbocycles. The highest BCUT2D eigenvalue weighted by Gasteiger charge is 2.52. The number of hydrogen-bond acceptors (Lipinski definition) is 2. The Bertz CT molecular complexity index is 295. The van der Waals surface area contributed by atoms with Crippen LogP contribution in [-0.2, 0) is 4.79 Å². The maximum Gasteiger partial charge on any atom is 0.233 e. The second kappa shape index (κ2) is 3.74. The van der Waals surface area contributed by atoms with E-state index in [2.05, 4.69) is 12.2 Å². The van der Waals surface area contributed by atoms with Gasteiger partial charge >= 0.3 is 0 Å². The van der Waals surface area contributed by atoms with Gasteiger partial charge in [0.15, 0.2) is 0 Å². The van der Waals surface area contributed by atoms with Gasteiger partial charge in [-0.1, -0.05) is 19.1 Å². The first kappa shape index (κ1) is 10.9.